The summed E-state index contributed by atoms with van der Waals surface area (Å²) in [6.45, 7) is 14.3. The Morgan fingerprint density at radius 3 is 2.36 bits per heavy atom. The summed E-state index contributed by atoms with van der Waals surface area (Å²) in [5.41, 5.74) is 2.95. The van der Waals surface area contributed by atoms with Crippen LogP contribution in [0.4, 0.5) is 0 Å². The van der Waals surface area contributed by atoms with Crippen LogP contribution >= 0.6 is 0 Å². The zero-order valence-electron chi connectivity index (χ0n) is 14.6. The van der Waals surface area contributed by atoms with Crippen LogP contribution in [0.5, 0.6) is 0 Å². The maximum Gasteiger partial charge on any atom is 0.252 e. The third-order valence-electron chi connectivity index (χ3n) is 4.20. The number of nitrogens with zero attached hydrogens (tertiary/aromatic N) is 3. The summed E-state index contributed by atoms with van der Waals surface area (Å²) in [5.74, 6) is 0. The number of rotatable bonds is 5. The van der Waals surface area contributed by atoms with Gasteiger partial charge in [-0.3, -0.25) is 14.3 Å². The number of fused-ring (bicyclic) bond motifs is 1. The second kappa shape index (κ2) is 6.61. The van der Waals surface area contributed by atoms with E-state index in [1.165, 1.54) is 5.56 Å². The first-order valence-corrected chi connectivity index (χ1v) is 8.04. The first-order valence-electron chi connectivity index (χ1n) is 8.04. The van der Waals surface area contributed by atoms with Gasteiger partial charge in [0.05, 0.1) is 0 Å². The Morgan fingerprint density at radius 1 is 1.14 bits per heavy atom. The summed E-state index contributed by atoms with van der Waals surface area (Å²) < 4.78 is 1.81. The molecule has 0 N–H and O–H groups in total. The molecule has 4 nitrogen and oxygen atoms in total. The minimum atomic E-state index is 0.0254. The van der Waals surface area contributed by atoms with Gasteiger partial charge in [-0.1, -0.05) is 0 Å². The molecule has 0 atom stereocenters. The molecule has 2 rings (SSSR count). The van der Waals surface area contributed by atoms with E-state index in [-0.39, 0.29) is 5.56 Å². The van der Waals surface area contributed by atoms with E-state index >= 15 is 0 Å². The van der Waals surface area contributed by atoms with Crippen LogP contribution in [0.2, 0.25) is 0 Å². The van der Waals surface area contributed by atoms with Crippen molar-refractivity contribution in [1.29, 1.82) is 0 Å². The van der Waals surface area contributed by atoms with Gasteiger partial charge in [-0.05, 0) is 59.2 Å². The van der Waals surface area contributed by atoms with E-state index in [1.807, 2.05) is 17.6 Å². The van der Waals surface area contributed by atoms with Crippen molar-refractivity contribution in [3.8, 4) is 0 Å². The monoisotopic (exact) mass is 301 g/mol. The van der Waals surface area contributed by atoms with Gasteiger partial charge < -0.3 is 0 Å². The number of pyridine rings is 2. The van der Waals surface area contributed by atoms with Crippen molar-refractivity contribution in [2.45, 2.75) is 60.2 Å². The lowest BCUT2D eigenvalue weighted by atomic mass is 10.1. The van der Waals surface area contributed by atoms with Crippen molar-refractivity contribution < 1.29 is 0 Å². The Balaban J connectivity index is 2.42. The smallest absolute Gasteiger partial charge is 0.252 e. The van der Waals surface area contributed by atoms with Gasteiger partial charge >= 0.3 is 0 Å². The summed E-state index contributed by atoms with van der Waals surface area (Å²) in [4.78, 5) is 19.3. The van der Waals surface area contributed by atoms with Crippen molar-refractivity contribution in [3.63, 3.8) is 0 Å². The fourth-order valence-corrected chi connectivity index (χ4v) is 3.13. The molecule has 0 saturated carbocycles. The zero-order chi connectivity index (χ0) is 16.4. The van der Waals surface area contributed by atoms with E-state index in [2.05, 4.69) is 50.6 Å². The molecule has 0 bridgehead atoms. The summed E-state index contributed by atoms with van der Waals surface area (Å²) in [6.07, 6.45) is 0. The second-order valence-corrected chi connectivity index (χ2v) is 6.57. The molecule has 0 fully saturated rings. The molecule has 0 aliphatic heterocycles. The average molecular weight is 301 g/mol. The van der Waals surface area contributed by atoms with E-state index in [0.29, 0.717) is 18.6 Å². The van der Waals surface area contributed by atoms with Gasteiger partial charge in [-0.2, -0.15) is 0 Å². The standard InChI is InChI=1S/C18H27N3O/c1-12(2)20(13(3)4)9-10-21-17(22)8-7-16-14(5)11-15(6)19-18(16)21/h7-8,11-13H,9-10H2,1-6H3. The molecule has 0 aliphatic rings. The summed E-state index contributed by atoms with van der Waals surface area (Å²) in [7, 11) is 0. The fourth-order valence-electron chi connectivity index (χ4n) is 3.13. The minimum absolute atomic E-state index is 0.0254. The maximum atomic E-state index is 12.3. The summed E-state index contributed by atoms with van der Waals surface area (Å²) in [5, 5.41) is 1.06. The highest BCUT2D eigenvalue weighted by Gasteiger charge is 2.14. The molecule has 0 amide bonds. The second-order valence-electron chi connectivity index (χ2n) is 6.57. The van der Waals surface area contributed by atoms with Gasteiger partial charge in [-0.15, -0.1) is 0 Å². The lowest BCUT2D eigenvalue weighted by molar-refractivity contribution is 0.168. The van der Waals surface area contributed by atoms with Gasteiger partial charge in [-0.25, -0.2) is 4.98 Å². The van der Waals surface area contributed by atoms with Gasteiger partial charge in [0.1, 0.15) is 5.65 Å². The number of hydrogen-bond acceptors (Lipinski definition) is 3. The van der Waals surface area contributed by atoms with Crippen molar-refractivity contribution in [1.82, 2.24) is 14.5 Å². The molecule has 120 valence electrons. The topological polar surface area (TPSA) is 38.1 Å². The van der Waals surface area contributed by atoms with E-state index in [9.17, 15) is 4.79 Å². The van der Waals surface area contributed by atoms with Crippen LogP contribution in [0.3, 0.4) is 0 Å². The van der Waals surface area contributed by atoms with E-state index in [4.69, 9.17) is 0 Å². The van der Waals surface area contributed by atoms with Crippen LogP contribution in [0.25, 0.3) is 11.0 Å². The lowest BCUT2D eigenvalue weighted by Crippen LogP contribution is -2.40. The molecule has 0 aromatic carbocycles. The molecule has 4 heteroatoms. The van der Waals surface area contributed by atoms with E-state index in [1.54, 1.807) is 6.07 Å². The van der Waals surface area contributed by atoms with Crippen molar-refractivity contribution >= 4 is 11.0 Å². The molecule has 2 aromatic heterocycles. The van der Waals surface area contributed by atoms with E-state index in [0.717, 1.165) is 23.3 Å². The molecule has 0 aliphatic carbocycles. The molecule has 0 spiro atoms. The highest BCUT2D eigenvalue weighted by Crippen LogP contribution is 2.16. The van der Waals surface area contributed by atoms with E-state index < -0.39 is 0 Å². The van der Waals surface area contributed by atoms with Crippen LogP contribution < -0.4 is 5.56 Å². The van der Waals surface area contributed by atoms with Crippen LogP contribution in [0, 0.1) is 13.8 Å². The minimum Gasteiger partial charge on any atom is -0.297 e. The largest absolute Gasteiger partial charge is 0.297 e. The van der Waals surface area contributed by atoms with Crippen molar-refractivity contribution in [3.05, 3.63) is 39.8 Å². The van der Waals surface area contributed by atoms with Gasteiger partial charge in [0.15, 0.2) is 0 Å². The van der Waals surface area contributed by atoms with Crippen LogP contribution in [-0.2, 0) is 6.54 Å². The van der Waals surface area contributed by atoms with Crippen molar-refractivity contribution in [2.24, 2.45) is 0 Å². The van der Waals surface area contributed by atoms with Crippen LogP contribution in [-0.4, -0.2) is 33.1 Å². The molecule has 2 heterocycles. The third kappa shape index (κ3) is 3.38. The maximum absolute atomic E-state index is 12.3. The Kier molecular flexibility index (Phi) is 5.01. The fraction of sp³-hybridized carbons (Fsp3) is 0.556. The van der Waals surface area contributed by atoms with Gasteiger partial charge in [0.2, 0.25) is 0 Å². The Morgan fingerprint density at radius 2 is 1.77 bits per heavy atom. The quantitative estimate of drug-likeness (QED) is 0.851. The molecule has 0 saturated heterocycles. The van der Waals surface area contributed by atoms with Crippen LogP contribution in [0.15, 0.2) is 23.0 Å². The average Bonchev–Trinajstić information content (AvgIpc) is 2.40. The summed E-state index contributed by atoms with van der Waals surface area (Å²) in [6, 6.07) is 6.52. The number of hydrogen-bond donors (Lipinski definition) is 0. The van der Waals surface area contributed by atoms with Gasteiger partial charge in [0, 0.05) is 42.3 Å². The first kappa shape index (κ1) is 16.7. The predicted molar refractivity (Wildman–Crippen MR) is 92.5 cm³/mol. The highest BCUT2D eigenvalue weighted by molar-refractivity contribution is 5.79. The zero-order valence-corrected chi connectivity index (χ0v) is 14.6. The highest BCUT2D eigenvalue weighted by atomic mass is 16.1. The number of aromatic nitrogens is 2. The summed E-state index contributed by atoms with van der Waals surface area (Å²) >= 11 is 0. The van der Waals surface area contributed by atoms with Crippen molar-refractivity contribution in [2.75, 3.05) is 6.54 Å². The Hall–Kier alpha value is -1.68. The molecule has 0 unspecified atom stereocenters. The SMILES string of the molecule is Cc1cc(C)c2ccc(=O)n(CCN(C(C)C)C(C)C)c2n1. The van der Waals surface area contributed by atoms with Crippen LogP contribution in [0.1, 0.15) is 39.0 Å². The lowest BCUT2D eigenvalue weighted by Gasteiger charge is -2.30. The first-order chi connectivity index (χ1) is 10.3. The predicted octanol–water partition coefficient (Wildman–Crippen LogP) is 3.13. The molecular weight excluding hydrogens is 274 g/mol. The molecular formula is C18H27N3O. The Labute approximate surface area is 132 Å². The molecule has 2 aromatic rings. The number of aryl methyl sites for hydroxylation is 2. The molecule has 0 radical (unpaired) electrons. The Bertz CT molecular complexity index is 708. The molecule has 22 heavy (non-hydrogen) atoms. The van der Waals surface area contributed by atoms with Gasteiger partial charge in [0.25, 0.3) is 5.56 Å². The normalized spacial score (nSPS) is 12.0. The third-order valence-corrected chi connectivity index (χ3v) is 4.20.